The van der Waals surface area contributed by atoms with Crippen LogP contribution in [0.3, 0.4) is 0 Å². The van der Waals surface area contributed by atoms with Crippen molar-refractivity contribution in [3.05, 3.63) is 60.4 Å². The van der Waals surface area contributed by atoms with E-state index in [1.165, 1.54) is 4.31 Å². The fourth-order valence-corrected chi connectivity index (χ4v) is 3.05. The van der Waals surface area contributed by atoms with Gasteiger partial charge in [-0.05, 0) is 29.8 Å². The van der Waals surface area contributed by atoms with Crippen LogP contribution in [-0.4, -0.2) is 49.6 Å². The Hall–Kier alpha value is -2.45. The molecule has 0 aliphatic heterocycles. The van der Waals surface area contributed by atoms with E-state index in [0.717, 1.165) is 11.8 Å². The van der Waals surface area contributed by atoms with Gasteiger partial charge in [-0.15, -0.1) is 0 Å². The molecule has 0 unspecified atom stereocenters. The number of carbonyl (C=O) groups is 1. The zero-order valence-electron chi connectivity index (χ0n) is 14.7. The first kappa shape index (κ1) is 19.9. The molecule has 0 spiro atoms. The number of hydrogen-bond donors (Lipinski definition) is 1. The van der Waals surface area contributed by atoms with Crippen molar-refractivity contribution in [1.29, 1.82) is 0 Å². The fraction of sp³-hybridized carbons (Fsp3) is 0.333. The monoisotopic (exact) mass is 377 g/mol. The van der Waals surface area contributed by atoms with Crippen LogP contribution >= 0.6 is 0 Å². The minimum atomic E-state index is -3.38. The SMILES string of the molecule is CS(=O)(=O)N(CCNC(=O)CCOc1ccccc1)Cc1ccncc1. The second-order valence-corrected chi connectivity index (χ2v) is 7.70. The molecule has 2 aromatic rings. The first-order chi connectivity index (χ1) is 12.4. The molecule has 140 valence electrons. The minimum Gasteiger partial charge on any atom is -0.493 e. The maximum Gasteiger partial charge on any atom is 0.223 e. The molecule has 0 bridgehead atoms. The van der Waals surface area contributed by atoms with Gasteiger partial charge < -0.3 is 10.1 Å². The van der Waals surface area contributed by atoms with Gasteiger partial charge in [0.25, 0.3) is 0 Å². The third kappa shape index (κ3) is 7.20. The first-order valence-electron chi connectivity index (χ1n) is 8.24. The molecule has 0 atom stereocenters. The molecule has 1 heterocycles. The summed E-state index contributed by atoms with van der Waals surface area (Å²) in [6.07, 6.45) is 4.59. The Labute approximate surface area is 154 Å². The average molecular weight is 377 g/mol. The van der Waals surface area contributed by atoms with Crippen LogP contribution < -0.4 is 10.1 Å². The molecule has 1 N–H and O–H groups in total. The zero-order chi connectivity index (χ0) is 18.8. The summed E-state index contributed by atoms with van der Waals surface area (Å²) in [5.74, 6) is 0.527. The number of nitrogens with zero attached hydrogens (tertiary/aromatic N) is 2. The number of benzene rings is 1. The van der Waals surface area contributed by atoms with E-state index < -0.39 is 10.0 Å². The number of pyridine rings is 1. The quantitative estimate of drug-likeness (QED) is 0.677. The van der Waals surface area contributed by atoms with Crippen molar-refractivity contribution < 1.29 is 17.9 Å². The molecule has 26 heavy (non-hydrogen) atoms. The standard InChI is InChI=1S/C18H23N3O4S/c1-26(23,24)21(15-16-7-10-19-11-8-16)13-12-20-18(22)9-14-25-17-5-3-2-4-6-17/h2-8,10-11H,9,12-15H2,1H3,(H,20,22). The number of sulfonamides is 1. The molecule has 1 aromatic carbocycles. The molecule has 2 rings (SSSR count). The second-order valence-electron chi connectivity index (χ2n) is 5.71. The van der Waals surface area contributed by atoms with Gasteiger partial charge in [0.15, 0.2) is 0 Å². The molecule has 0 fully saturated rings. The van der Waals surface area contributed by atoms with E-state index in [0.29, 0.717) is 5.75 Å². The first-order valence-corrected chi connectivity index (χ1v) is 10.1. The predicted molar refractivity (Wildman–Crippen MR) is 99.1 cm³/mol. The average Bonchev–Trinajstić information content (AvgIpc) is 2.62. The summed E-state index contributed by atoms with van der Waals surface area (Å²) in [5.41, 5.74) is 0.841. The normalized spacial score (nSPS) is 11.3. The Morgan fingerprint density at radius 2 is 1.85 bits per heavy atom. The van der Waals surface area contributed by atoms with Gasteiger partial charge in [0.2, 0.25) is 15.9 Å². The van der Waals surface area contributed by atoms with Crippen LogP contribution in [0.4, 0.5) is 0 Å². The number of hydrogen-bond acceptors (Lipinski definition) is 5. The second kappa shape index (κ2) is 9.88. The van der Waals surface area contributed by atoms with Crippen LogP contribution in [0.2, 0.25) is 0 Å². The van der Waals surface area contributed by atoms with Crippen LogP contribution in [0.15, 0.2) is 54.9 Å². The van der Waals surface area contributed by atoms with Crippen LogP contribution in [0.1, 0.15) is 12.0 Å². The number of nitrogens with one attached hydrogen (secondary N) is 1. The molecule has 7 nitrogen and oxygen atoms in total. The number of para-hydroxylation sites is 1. The van der Waals surface area contributed by atoms with Gasteiger partial charge in [-0.25, -0.2) is 8.42 Å². The van der Waals surface area contributed by atoms with Crippen LogP contribution in [0.25, 0.3) is 0 Å². The smallest absolute Gasteiger partial charge is 0.223 e. The third-order valence-electron chi connectivity index (χ3n) is 3.60. The maximum absolute atomic E-state index is 11.9. The van der Waals surface area contributed by atoms with Gasteiger partial charge in [-0.3, -0.25) is 9.78 Å². The molecule has 0 radical (unpaired) electrons. The van der Waals surface area contributed by atoms with Crippen molar-refractivity contribution in [1.82, 2.24) is 14.6 Å². The summed E-state index contributed by atoms with van der Waals surface area (Å²) in [4.78, 5) is 15.8. The topological polar surface area (TPSA) is 88.6 Å². The molecule has 0 saturated heterocycles. The van der Waals surface area contributed by atoms with E-state index >= 15 is 0 Å². The van der Waals surface area contributed by atoms with E-state index in [-0.39, 0.29) is 38.6 Å². The van der Waals surface area contributed by atoms with Gasteiger partial charge >= 0.3 is 0 Å². The van der Waals surface area contributed by atoms with Crippen LogP contribution in [-0.2, 0) is 21.4 Å². The van der Waals surface area contributed by atoms with E-state index in [4.69, 9.17) is 4.74 Å². The third-order valence-corrected chi connectivity index (χ3v) is 4.85. The molecule has 0 saturated carbocycles. The largest absolute Gasteiger partial charge is 0.493 e. The highest BCUT2D eigenvalue weighted by Gasteiger charge is 2.17. The Bertz CT molecular complexity index is 783. The van der Waals surface area contributed by atoms with Gasteiger partial charge in [-0.1, -0.05) is 18.2 Å². The van der Waals surface area contributed by atoms with Crippen molar-refractivity contribution in [3.8, 4) is 5.75 Å². The molecule has 8 heteroatoms. The highest BCUT2D eigenvalue weighted by Crippen LogP contribution is 2.08. The summed E-state index contributed by atoms with van der Waals surface area (Å²) in [6, 6.07) is 12.8. The Morgan fingerprint density at radius 1 is 1.15 bits per heavy atom. The maximum atomic E-state index is 11.9. The fourth-order valence-electron chi connectivity index (χ4n) is 2.24. The number of carbonyl (C=O) groups excluding carboxylic acids is 1. The highest BCUT2D eigenvalue weighted by atomic mass is 32.2. The molecule has 0 aliphatic rings. The van der Waals surface area contributed by atoms with Crippen molar-refractivity contribution >= 4 is 15.9 Å². The lowest BCUT2D eigenvalue weighted by Gasteiger charge is -2.20. The van der Waals surface area contributed by atoms with E-state index in [2.05, 4.69) is 10.3 Å². The lowest BCUT2D eigenvalue weighted by Crippen LogP contribution is -2.38. The van der Waals surface area contributed by atoms with Crippen molar-refractivity contribution in [2.24, 2.45) is 0 Å². The number of ether oxygens (including phenoxy) is 1. The van der Waals surface area contributed by atoms with E-state index in [1.807, 2.05) is 30.3 Å². The van der Waals surface area contributed by atoms with E-state index in [9.17, 15) is 13.2 Å². The van der Waals surface area contributed by atoms with Gasteiger partial charge in [-0.2, -0.15) is 4.31 Å². The Morgan fingerprint density at radius 3 is 2.50 bits per heavy atom. The summed E-state index contributed by atoms with van der Waals surface area (Å²) < 4.78 is 30.6. The van der Waals surface area contributed by atoms with Crippen LogP contribution in [0, 0.1) is 0 Å². The molecule has 1 aromatic heterocycles. The molecular formula is C18H23N3O4S. The highest BCUT2D eigenvalue weighted by molar-refractivity contribution is 7.88. The minimum absolute atomic E-state index is 0.182. The van der Waals surface area contributed by atoms with Gasteiger partial charge in [0.05, 0.1) is 19.3 Å². The summed E-state index contributed by atoms with van der Waals surface area (Å²) in [7, 11) is -3.38. The lowest BCUT2D eigenvalue weighted by molar-refractivity contribution is -0.121. The van der Waals surface area contributed by atoms with E-state index in [1.54, 1.807) is 24.5 Å². The number of rotatable bonds is 10. The summed E-state index contributed by atoms with van der Waals surface area (Å²) in [5, 5.41) is 2.72. The number of amides is 1. The van der Waals surface area contributed by atoms with Crippen molar-refractivity contribution in [2.75, 3.05) is 26.0 Å². The summed E-state index contributed by atoms with van der Waals surface area (Å²) in [6.45, 7) is 0.950. The van der Waals surface area contributed by atoms with Crippen molar-refractivity contribution in [3.63, 3.8) is 0 Å². The molecule has 0 aliphatic carbocycles. The predicted octanol–water partition coefficient (Wildman–Crippen LogP) is 1.43. The Kier molecular flexibility index (Phi) is 7.55. The summed E-state index contributed by atoms with van der Waals surface area (Å²) >= 11 is 0. The lowest BCUT2D eigenvalue weighted by atomic mass is 10.3. The van der Waals surface area contributed by atoms with Gasteiger partial charge in [0, 0.05) is 32.0 Å². The van der Waals surface area contributed by atoms with Gasteiger partial charge in [0.1, 0.15) is 5.75 Å². The van der Waals surface area contributed by atoms with Crippen molar-refractivity contribution in [2.45, 2.75) is 13.0 Å². The Balaban J connectivity index is 1.73. The molecular weight excluding hydrogens is 354 g/mol. The zero-order valence-corrected chi connectivity index (χ0v) is 15.5. The number of aromatic nitrogens is 1. The van der Waals surface area contributed by atoms with Crippen LogP contribution in [0.5, 0.6) is 5.75 Å². The molecule has 1 amide bonds.